The second-order valence-electron chi connectivity index (χ2n) is 7.72. The maximum Gasteiger partial charge on any atom is 0.225 e. The number of hydrogen-bond donors (Lipinski definition) is 1. The Morgan fingerprint density at radius 3 is 2.69 bits per heavy atom. The average Bonchev–Trinajstić information content (AvgIpc) is 2.77. The van der Waals surface area contributed by atoms with E-state index in [1.54, 1.807) is 13.3 Å². The van der Waals surface area contributed by atoms with Gasteiger partial charge in [0.15, 0.2) is 0 Å². The fourth-order valence-corrected chi connectivity index (χ4v) is 3.52. The van der Waals surface area contributed by atoms with E-state index < -0.39 is 0 Å². The molecule has 0 aliphatic carbocycles. The smallest absolute Gasteiger partial charge is 0.225 e. The van der Waals surface area contributed by atoms with Crippen molar-refractivity contribution in [2.45, 2.75) is 45.9 Å². The highest BCUT2D eigenvalue weighted by Gasteiger charge is 2.24. The second kappa shape index (κ2) is 10.3. The zero-order valence-electron chi connectivity index (χ0n) is 17.6. The summed E-state index contributed by atoms with van der Waals surface area (Å²) in [6.07, 6.45) is 3.70. The van der Waals surface area contributed by atoms with Crippen LogP contribution in [-0.2, 0) is 17.9 Å². The van der Waals surface area contributed by atoms with Crippen molar-refractivity contribution in [1.82, 2.24) is 15.2 Å². The van der Waals surface area contributed by atoms with Gasteiger partial charge in [-0.3, -0.25) is 9.78 Å². The number of nitrogens with zero attached hydrogens (tertiary/aromatic N) is 2. The molecule has 29 heavy (non-hydrogen) atoms. The first-order chi connectivity index (χ1) is 14.1. The van der Waals surface area contributed by atoms with Crippen molar-refractivity contribution in [3.05, 3.63) is 53.9 Å². The fraction of sp³-hybridized carbons (Fsp3) is 0.478. The number of rotatable bonds is 8. The van der Waals surface area contributed by atoms with Crippen LogP contribution in [0.1, 0.15) is 37.9 Å². The predicted molar refractivity (Wildman–Crippen MR) is 113 cm³/mol. The first kappa shape index (κ1) is 21.1. The molecule has 6 nitrogen and oxygen atoms in total. The lowest BCUT2D eigenvalue weighted by molar-refractivity contribution is -0.135. The van der Waals surface area contributed by atoms with Crippen LogP contribution in [0.3, 0.4) is 0 Å². The van der Waals surface area contributed by atoms with Crippen LogP contribution in [0.25, 0.3) is 0 Å². The van der Waals surface area contributed by atoms with Gasteiger partial charge >= 0.3 is 0 Å². The molecule has 1 aliphatic rings. The maximum atomic E-state index is 12.2. The minimum atomic E-state index is 0.0649. The van der Waals surface area contributed by atoms with Gasteiger partial charge in [-0.25, -0.2) is 0 Å². The molecule has 0 spiro atoms. The highest BCUT2D eigenvalue weighted by Crippen LogP contribution is 2.25. The van der Waals surface area contributed by atoms with E-state index in [0.717, 1.165) is 48.7 Å². The number of carbonyl (C=O) groups is 1. The van der Waals surface area contributed by atoms with Gasteiger partial charge in [0.1, 0.15) is 18.1 Å². The molecule has 1 N–H and O–H groups in total. The van der Waals surface area contributed by atoms with Crippen LogP contribution in [0.5, 0.6) is 11.5 Å². The number of amides is 1. The van der Waals surface area contributed by atoms with E-state index in [2.05, 4.69) is 10.3 Å². The third-order valence-electron chi connectivity index (χ3n) is 5.25. The van der Waals surface area contributed by atoms with Crippen LogP contribution in [0.4, 0.5) is 0 Å². The Kier molecular flexibility index (Phi) is 7.47. The first-order valence-corrected chi connectivity index (χ1v) is 10.3. The minimum Gasteiger partial charge on any atom is -0.497 e. The van der Waals surface area contributed by atoms with Crippen LogP contribution in [0, 0.1) is 5.92 Å². The van der Waals surface area contributed by atoms with Crippen molar-refractivity contribution < 1.29 is 14.3 Å². The summed E-state index contributed by atoms with van der Waals surface area (Å²) in [5, 5.41) is 3.63. The van der Waals surface area contributed by atoms with E-state index >= 15 is 0 Å². The van der Waals surface area contributed by atoms with Crippen molar-refractivity contribution in [3.8, 4) is 11.5 Å². The second-order valence-corrected chi connectivity index (χ2v) is 7.72. The number of methoxy groups -OCH3 is 1. The lowest BCUT2D eigenvalue weighted by atomic mass is 10.0. The molecule has 1 aromatic carbocycles. The van der Waals surface area contributed by atoms with Crippen molar-refractivity contribution >= 4 is 5.91 Å². The molecule has 0 radical (unpaired) electrons. The summed E-state index contributed by atoms with van der Waals surface area (Å²) in [6.45, 7) is 6.67. The molecule has 2 heterocycles. The largest absolute Gasteiger partial charge is 0.497 e. The van der Waals surface area contributed by atoms with E-state index in [1.165, 1.54) is 0 Å². The number of pyridine rings is 1. The molecule has 156 valence electrons. The van der Waals surface area contributed by atoms with Crippen LogP contribution < -0.4 is 14.8 Å². The highest BCUT2D eigenvalue weighted by atomic mass is 16.5. The predicted octanol–water partition coefficient (Wildman–Crippen LogP) is 3.41. The molecule has 1 saturated heterocycles. The third-order valence-corrected chi connectivity index (χ3v) is 5.25. The summed E-state index contributed by atoms with van der Waals surface area (Å²) in [5.41, 5.74) is 1.95. The van der Waals surface area contributed by atoms with Gasteiger partial charge in [-0.1, -0.05) is 19.9 Å². The summed E-state index contributed by atoms with van der Waals surface area (Å²) in [5.74, 6) is 1.96. The van der Waals surface area contributed by atoms with Gasteiger partial charge < -0.3 is 19.7 Å². The van der Waals surface area contributed by atoms with Gasteiger partial charge in [0.2, 0.25) is 5.91 Å². The standard InChI is InChI=1S/C23H31N3O3/c1-17(2)23(27)26-12-9-19(10-13-26)25-15-18-14-21(28-3)7-8-22(18)29-16-20-6-4-5-11-24-20/h4-8,11,14,17,19,25H,9-10,12-13,15-16H2,1-3H3. The molecular weight excluding hydrogens is 366 g/mol. The first-order valence-electron chi connectivity index (χ1n) is 10.3. The van der Waals surface area contributed by atoms with Crippen LogP contribution in [-0.4, -0.2) is 42.0 Å². The fourth-order valence-electron chi connectivity index (χ4n) is 3.52. The molecule has 0 atom stereocenters. The Balaban J connectivity index is 1.57. The molecule has 3 rings (SSSR count). The Morgan fingerprint density at radius 2 is 2.03 bits per heavy atom. The van der Waals surface area contributed by atoms with E-state index in [-0.39, 0.29) is 11.8 Å². The monoisotopic (exact) mass is 397 g/mol. The zero-order chi connectivity index (χ0) is 20.6. The minimum absolute atomic E-state index is 0.0649. The number of benzene rings is 1. The normalized spacial score (nSPS) is 14.8. The summed E-state index contributed by atoms with van der Waals surface area (Å²) >= 11 is 0. The molecule has 2 aromatic rings. The molecule has 1 aromatic heterocycles. The topological polar surface area (TPSA) is 63.7 Å². The van der Waals surface area contributed by atoms with Gasteiger partial charge in [-0.15, -0.1) is 0 Å². The van der Waals surface area contributed by atoms with Gasteiger partial charge in [-0.05, 0) is 43.2 Å². The van der Waals surface area contributed by atoms with Gasteiger partial charge in [0, 0.05) is 43.4 Å². The van der Waals surface area contributed by atoms with Crippen LogP contribution in [0.15, 0.2) is 42.6 Å². The molecule has 1 fully saturated rings. The average molecular weight is 398 g/mol. The quantitative estimate of drug-likeness (QED) is 0.740. The molecule has 0 unspecified atom stereocenters. The van der Waals surface area contributed by atoms with Crippen molar-refractivity contribution in [3.63, 3.8) is 0 Å². The Hall–Kier alpha value is -2.60. The lowest BCUT2D eigenvalue weighted by Crippen LogP contribution is -2.46. The van der Waals surface area contributed by atoms with Crippen LogP contribution >= 0.6 is 0 Å². The molecule has 0 saturated carbocycles. The number of piperidine rings is 1. The van der Waals surface area contributed by atoms with E-state index in [1.807, 2.05) is 55.1 Å². The van der Waals surface area contributed by atoms with Gasteiger partial charge in [0.25, 0.3) is 0 Å². The number of nitrogens with one attached hydrogen (secondary N) is 1. The number of aromatic nitrogens is 1. The lowest BCUT2D eigenvalue weighted by Gasteiger charge is -2.33. The highest BCUT2D eigenvalue weighted by molar-refractivity contribution is 5.78. The Bertz CT molecular complexity index is 787. The van der Waals surface area contributed by atoms with E-state index in [0.29, 0.717) is 19.2 Å². The Morgan fingerprint density at radius 1 is 1.24 bits per heavy atom. The third kappa shape index (κ3) is 5.94. The summed E-state index contributed by atoms with van der Waals surface area (Å²) in [6, 6.07) is 12.1. The number of likely N-dealkylation sites (tertiary alicyclic amines) is 1. The summed E-state index contributed by atoms with van der Waals surface area (Å²) in [7, 11) is 1.67. The molecule has 6 heteroatoms. The Labute approximate surface area is 173 Å². The van der Waals surface area contributed by atoms with E-state index in [9.17, 15) is 4.79 Å². The number of carbonyl (C=O) groups excluding carboxylic acids is 1. The molecular formula is C23H31N3O3. The van der Waals surface area contributed by atoms with Gasteiger partial charge in [-0.2, -0.15) is 0 Å². The van der Waals surface area contributed by atoms with Crippen molar-refractivity contribution in [2.24, 2.45) is 5.92 Å². The van der Waals surface area contributed by atoms with Crippen molar-refractivity contribution in [1.29, 1.82) is 0 Å². The van der Waals surface area contributed by atoms with Crippen LogP contribution in [0.2, 0.25) is 0 Å². The van der Waals surface area contributed by atoms with Crippen molar-refractivity contribution in [2.75, 3.05) is 20.2 Å². The summed E-state index contributed by atoms with van der Waals surface area (Å²) < 4.78 is 11.4. The SMILES string of the molecule is COc1ccc(OCc2ccccn2)c(CNC2CCN(C(=O)C(C)C)CC2)c1. The zero-order valence-corrected chi connectivity index (χ0v) is 17.6. The van der Waals surface area contributed by atoms with Gasteiger partial charge in [0.05, 0.1) is 12.8 Å². The maximum absolute atomic E-state index is 12.2. The summed E-state index contributed by atoms with van der Waals surface area (Å²) in [4.78, 5) is 18.5. The molecule has 1 aliphatic heterocycles. The van der Waals surface area contributed by atoms with E-state index in [4.69, 9.17) is 9.47 Å². The molecule has 1 amide bonds. The molecule has 0 bridgehead atoms. The number of ether oxygens (including phenoxy) is 2. The number of hydrogen-bond acceptors (Lipinski definition) is 5.